The van der Waals surface area contributed by atoms with Crippen molar-refractivity contribution < 1.29 is 31.8 Å². The van der Waals surface area contributed by atoms with Crippen LogP contribution in [0.2, 0.25) is 0 Å². The van der Waals surface area contributed by atoms with Crippen molar-refractivity contribution in [1.29, 1.82) is 5.41 Å². The number of anilines is 3. The summed E-state index contributed by atoms with van der Waals surface area (Å²) in [6, 6.07) is 14.8. The smallest absolute Gasteiger partial charge is 0.420 e. The number of ether oxygens (including phenoxy) is 2. The molecule has 4 rings (SSSR count). The molecule has 0 aliphatic heterocycles. The predicted octanol–water partition coefficient (Wildman–Crippen LogP) is 7.07. The minimum Gasteiger partial charge on any atom is -0.457 e. The van der Waals surface area contributed by atoms with Crippen molar-refractivity contribution in [2.45, 2.75) is 6.18 Å². The molecular formula is C27H21F4N5O3. The van der Waals surface area contributed by atoms with Gasteiger partial charge in [-0.1, -0.05) is 0 Å². The van der Waals surface area contributed by atoms with Gasteiger partial charge in [0.25, 0.3) is 0 Å². The number of nitrogens with two attached hydrogens (primary N) is 1. The molecule has 2 amide bonds. The van der Waals surface area contributed by atoms with Gasteiger partial charge in [-0.15, -0.1) is 0 Å². The van der Waals surface area contributed by atoms with E-state index in [2.05, 4.69) is 10.3 Å². The maximum absolute atomic E-state index is 13.8. The van der Waals surface area contributed by atoms with Gasteiger partial charge >= 0.3 is 12.2 Å². The molecule has 0 aliphatic carbocycles. The van der Waals surface area contributed by atoms with Gasteiger partial charge in [-0.25, -0.2) is 14.2 Å². The van der Waals surface area contributed by atoms with E-state index in [1.54, 1.807) is 18.2 Å². The van der Waals surface area contributed by atoms with Gasteiger partial charge in [-0.05, 0) is 72.8 Å². The van der Waals surface area contributed by atoms with E-state index < -0.39 is 29.3 Å². The molecule has 3 aromatic carbocycles. The molecule has 0 radical (unpaired) electrons. The lowest BCUT2D eigenvalue weighted by Gasteiger charge is -2.21. The van der Waals surface area contributed by atoms with Crippen molar-refractivity contribution >= 4 is 29.4 Å². The number of hydrogen-bond donors (Lipinski definition) is 3. The van der Waals surface area contributed by atoms with Gasteiger partial charge < -0.3 is 25.9 Å². The van der Waals surface area contributed by atoms with E-state index in [0.29, 0.717) is 22.7 Å². The Kier molecular flexibility index (Phi) is 7.65. The number of benzene rings is 3. The number of amides is 2. The number of rotatable bonds is 7. The maximum Gasteiger partial charge on any atom is 0.420 e. The molecule has 0 atom stereocenters. The van der Waals surface area contributed by atoms with Gasteiger partial charge in [0.05, 0.1) is 5.56 Å². The SMILES string of the molecule is CN(C(=O)Nc1ccc(Oc2ccnc(N)c2C=N)cc1)c1ccc(Oc2ccc(F)cc2)c(C(F)(F)F)c1. The van der Waals surface area contributed by atoms with E-state index in [4.69, 9.17) is 20.6 Å². The van der Waals surface area contributed by atoms with E-state index in [1.165, 1.54) is 43.6 Å². The summed E-state index contributed by atoms with van der Waals surface area (Å²) >= 11 is 0. The second-order valence-electron chi connectivity index (χ2n) is 8.10. The normalized spacial score (nSPS) is 11.0. The van der Waals surface area contributed by atoms with Crippen LogP contribution >= 0.6 is 0 Å². The Hall–Kier alpha value is -5.13. The molecular weight excluding hydrogens is 518 g/mol. The third-order valence-electron chi connectivity index (χ3n) is 5.46. The Labute approximate surface area is 220 Å². The van der Waals surface area contributed by atoms with Crippen LogP contribution in [0.3, 0.4) is 0 Å². The summed E-state index contributed by atoms with van der Waals surface area (Å²) in [6.45, 7) is 0. The molecule has 1 aromatic heterocycles. The molecule has 12 heteroatoms. The van der Waals surface area contributed by atoms with Crippen LogP contribution in [-0.4, -0.2) is 24.3 Å². The van der Waals surface area contributed by atoms with E-state index in [0.717, 1.165) is 35.4 Å². The molecule has 8 nitrogen and oxygen atoms in total. The van der Waals surface area contributed by atoms with Crippen molar-refractivity contribution in [1.82, 2.24) is 4.98 Å². The highest BCUT2D eigenvalue weighted by molar-refractivity contribution is 6.01. The van der Waals surface area contributed by atoms with E-state index in [1.807, 2.05) is 0 Å². The van der Waals surface area contributed by atoms with Gasteiger partial charge in [-0.2, -0.15) is 13.2 Å². The fourth-order valence-corrected chi connectivity index (χ4v) is 3.43. The Morgan fingerprint density at radius 2 is 1.59 bits per heavy atom. The molecule has 0 bridgehead atoms. The lowest BCUT2D eigenvalue weighted by Crippen LogP contribution is -2.31. The fraction of sp³-hybridized carbons (Fsp3) is 0.0741. The summed E-state index contributed by atoms with van der Waals surface area (Å²) in [7, 11) is 1.32. The molecule has 0 unspecified atom stereocenters. The van der Waals surface area contributed by atoms with E-state index in [-0.39, 0.29) is 17.3 Å². The number of nitrogens with one attached hydrogen (secondary N) is 2. The second kappa shape index (κ2) is 11.1. The highest BCUT2D eigenvalue weighted by atomic mass is 19.4. The largest absolute Gasteiger partial charge is 0.457 e. The number of aromatic nitrogens is 1. The lowest BCUT2D eigenvalue weighted by atomic mass is 10.1. The lowest BCUT2D eigenvalue weighted by molar-refractivity contribution is -0.138. The topological polar surface area (TPSA) is 114 Å². The number of carbonyl (C=O) groups is 1. The summed E-state index contributed by atoms with van der Waals surface area (Å²) in [4.78, 5) is 17.7. The highest BCUT2D eigenvalue weighted by Crippen LogP contribution is 2.40. The van der Waals surface area contributed by atoms with Crippen LogP contribution in [0.4, 0.5) is 39.5 Å². The van der Waals surface area contributed by atoms with E-state index in [9.17, 15) is 22.4 Å². The molecule has 0 saturated heterocycles. The van der Waals surface area contributed by atoms with Crippen LogP contribution < -0.4 is 25.4 Å². The second-order valence-corrected chi connectivity index (χ2v) is 8.10. The molecule has 0 saturated carbocycles. The van der Waals surface area contributed by atoms with Crippen LogP contribution in [0.15, 0.2) is 79.0 Å². The minimum absolute atomic E-state index is 0.0228. The van der Waals surface area contributed by atoms with Crippen LogP contribution in [0.25, 0.3) is 0 Å². The van der Waals surface area contributed by atoms with Gasteiger partial charge in [-0.3, -0.25) is 4.90 Å². The molecule has 0 aliphatic rings. The average Bonchev–Trinajstić information content (AvgIpc) is 2.90. The third kappa shape index (κ3) is 6.42. The average molecular weight is 539 g/mol. The van der Waals surface area contributed by atoms with Crippen LogP contribution in [0, 0.1) is 11.2 Å². The monoisotopic (exact) mass is 539 g/mol. The minimum atomic E-state index is -4.78. The van der Waals surface area contributed by atoms with E-state index >= 15 is 0 Å². The van der Waals surface area contributed by atoms with Crippen molar-refractivity contribution in [2.75, 3.05) is 23.0 Å². The number of halogens is 4. The first-order valence-corrected chi connectivity index (χ1v) is 11.3. The zero-order chi connectivity index (χ0) is 28.2. The zero-order valence-electron chi connectivity index (χ0n) is 20.3. The number of carbonyl (C=O) groups excluding carboxylic acids is 1. The molecule has 0 spiro atoms. The van der Waals surface area contributed by atoms with Crippen molar-refractivity contribution in [3.05, 3.63) is 95.9 Å². The van der Waals surface area contributed by atoms with Crippen LogP contribution in [-0.2, 0) is 6.18 Å². The molecule has 39 heavy (non-hydrogen) atoms. The van der Waals surface area contributed by atoms with Gasteiger partial charge in [0.15, 0.2) is 0 Å². The predicted molar refractivity (Wildman–Crippen MR) is 138 cm³/mol. The molecule has 1 heterocycles. The maximum atomic E-state index is 13.8. The fourth-order valence-electron chi connectivity index (χ4n) is 3.43. The Morgan fingerprint density at radius 1 is 0.974 bits per heavy atom. The summed E-state index contributed by atoms with van der Waals surface area (Å²) in [5.41, 5.74) is 5.26. The third-order valence-corrected chi connectivity index (χ3v) is 5.46. The number of nitrogen functional groups attached to an aromatic ring is 1. The quantitative estimate of drug-likeness (QED) is 0.172. The van der Waals surface area contributed by atoms with Gasteiger partial charge in [0.1, 0.15) is 40.2 Å². The van der Waals surface area contributed by atoms with Gasteiger partial charge in [0.2, 0.25) is 0 Å². The molecule has 200 valence electrons. The summed E-state index contributed by atoms with van der Waals surface area (Å²) < 4.78 is 65.5. The number of nitrogens with zero attached hydrogens (tertiary/aromatic N) is 2. The standard InChI is InChI=1S/C27H21F4N5O3/c1-36(18-6-11-24(22(14-18)27(29,30)31)39-19-7-2-16(28)3-8-19)26(37)35-17-4-9-20(10-5-17)38-23-12-13-34-25(33)21(23)15-32/h2-15,32H,1H3,(H2,33,34)(H,35,37). The first kappa shape index (κ1) is 26.9. The number of hydrogen-bond acceptors (Lipinski definition) is 6. The molecule has 4 aromatic rings. The first-order valence-electron chi connectivity index (χ1n) is 11.3. The first-order chi connectivity index (χ1) is 18.5. The van der Waals surface area contributed by atoms with Crippen molar-refractivity contribution in [3.8, 4) is 23.0 Å². The molecule has 0 fully saturated rings. The number of alkyl halides is 3. The van der Waals surface area contributed by atoms with Crippen molar-refractivity contribution in [2.24, 2.45) is 0 Å². The number of pyridine rings is 1. The summed E-state index contributed by atoms with van der Waals surface area (Å²) in [5, 5.41) is 10.1. The Morgan fingerprint density at radius 3 is 2.21 bits per heavy atom. The van der Waals surface area contributed by atoms with Gasteiger partial charge in [0, 0.05) is 30.8 Å². The highest BCUT2D eigenvalue weighted by Gasteiger charge is 2.35. The number of urea groups is 1. The molecule has 4 N–H and O–H groups in total. The van der Waals surface area contributed by atoms with Crippen molar-refractivity contribution in [3.63, 3.8) is 0 Å². The van der Waals surface area contributed by atoms with Crippen LogP contribution in [0.5, 0.6) is 23.0 Å². The van der Waals surface area contributed by atoms with Crippen LogP contribution in [0.1, 0.15) is 11.1 Å². The Balaban J connectivity index is 1.47. The summed E-state index contributed by atoms with van der Waals surface area (Å²) in [6.07, 6.45) is -2.32. The zero-order valence-corrected chi connectivity index (χ0v) is 20.3. The Bertz CT molecular complexity index is 1490. The summed E-state index contributed by atoms with van der Waals surface area (Å²) in [5.74, 6) is -0.181.